The number of nitrogens with zero attached hydrogens (tertiary/aromatic N) is 2. The molecule has 0 aliphatic carbocycles. The zero-order valence-electron chi connectivity index (χ0n) is 12.0. The normalized spacial score (nSPS) is 16.8. The van der Waals surface area contributed by atoms with Crippen LogP contribution in [0.1, 0.15) is 24.0 Å². The zero-order chi connectivity index (χ0) is 14.7. The molecule has 0 amide bonds. The third kappa shape index (κ3) is 3.10. The van der Waals surface area contributed by atoms with E-state index in [4.69, 9.17) is 0 Å². The molecule has 3 rings (SSSR count). The van der Waals surface area contributed by atoms with Gasteiger partial charge in [-0.25, -0.2) is 4.39 Å². The predicted octanol–water partition coefficient (Wildman–Crippen LogP) is 2.15. The van der Waals surface area contributed by atoms with Crippen molar-refractivity contribution < 1.29 is 4.39 Å². The van der Waals surface area contributed by atoms with Crippen LogP contribution in [0.5, 0.6) is 0 Å². The van der Waals surface area contributed by atoms with E-state index in [0.29, 0.717) is 5.56 Å². The highest BCUT2D eigenvalue weighted by atomic mass is 19.1. The summed E-state index contributed by atoms with van der Waals surface area (Å²) in [5.74, 6) is -0.182. The summed E-state index contributed by atoms with van der Waals surface area (Å²) >= 11 is 0. The van der Waals surface area contributed by atoms with Crippen molar-refractivity contribution in [2.24, 2.45) is 4.99 Å². The second kappa shape index (κ2) is 6.04. The lowest BCUT2D eigenvalue weighted by Crippen LogP contribution is -2.12. The van der Waals surface area contributed by atoms with Crippen LogP contribution in [0.4, 0.5) is 4.39 Å². The number of aromatic nitrogens is 1. The van der Waals surface area contributed by atoms with Gasteiger partial charge in [0, 0.05) is 30.1 Å². The average molecular weight is 278 g/mol. The number of aliphatic imine (C=N–C) groups is 1. The summed E-state index contributed by atoms with van der Waals surface area (Å²) < 4.78 is 14.0. The van der Waals surface area contributed by atoms with E-state index in [0.717, 1.165) is 41.7 Å². The van der Waals surface area contributed by atoms with Crippen molar-refractivity contribution in [3.05, 3.63) is 65.2 Å². The molecule has 0 N–H and O–H groups in total. The molecule has 4 heteroatoms. The van der Waals surface area contributed by atoms with Crippen LogP contribution < -0.4 is 5.46 Å². The lowest BCUT2D eigenvalue weighted by atomic mass is 9.92. The fraction of sp³-hybridized carbons (Fsp3) is 0.176. The Morgan fingerprint density at radius 3 is 2.90 bits per heavy atom. The molecule has 21 heavy (non-hydrogen) atoms. The van der Waals surface area contributed by atoms with Gasteiger partial charge in [0.05, 0.1) is 5.71 Å². The molecule has 2 nitrogen and oxygen atoms in total. The Hall–Kier alpha value is -2.23. The number of allylic oxidation sites excluding steroid dienone is 1. The lowest BCUT2D eigenvalue weighted by Gasteiger charge is -2.16. The number of pyridine rings is 1. The minimum Gasteiger partial charge on any atom is -0.284 e. The van der Waals surface area contributed by atoms with Crippen LogP contribution in [0.3, 0.4) is 0 Å². The van der Waals surface area contributed by atoms with E-state index in [1.54, 1.807) is 12.3 Å². The van der Waals surface area contributed by atoms with E-state index in [2.05, 4.69) is 9.98 Å². The van der Waals surface area contributed by atoms with Crippen molar-refractivity contribution in [3.63, 3.8) is 0 Å². The van der Waals surface area contributed by atoms with Crippen molar-refractivity contribution in [1.29, 1.82) is 0 Å². The van der Waals surface area contributed by atoms with Gasteiger partial charge in [0.25, 0.3) is 0 Å². The fourth-order valence-corrected chi connectivity index (χ4v) is 2.54. The summed E-state index contributed by atoms with van der Waals surface area (Å²) in [6.45, 7) is 0.817. The van der Waals surface area contributed by atoms with Gasteiger partial charge >= 0.3 is 0 Å². The molecule has 0 radical (unpaired) electrons. The van der Waals surface area contributed by atoms with Crippen molar-refractivity contribution in [2.45, 2.75) is 12.8 Å². The largest absolute Gasteiger partial charge is 0.284 e. The Morgan fingerprint density at radius 2 is 2.14 bits per heavy atom. The summed E-state index contributed by atoms with van der Waals surface area (Å²) in [5.41, 5.74) is 4.57. The SMILES string of the molecule is Bc1ccc(/C=C2\CCCN=C2c2cccnc2)c(F)c1. The molecule has 1 aromatic carbocycles. The molecule has 0 saturated carbocycles. The Bertz CT molecular complexity index is 708. The topological polar surface area (TPSA) is 25.2 Å². The minimum absolute atomic E-state index is 0.182. The lowest BCUT2D eigenvalue weighted by molar-refractivity contribution is 0.626. The van der Waals surface area contributed by atoms with Gasteiger partial charge in [-0.3, -0.25) is 9.98 Å². The second-order valence-corrected chi connectivity index (χ2v) is 5.27. The van der Waals surface area contributed by atoms with Gasteiger partial charge in [-0.1, -0.05) is 17.6 Å². The Labute approximate surface area is 124 Å². The first-order valence-electron chi connectivity index (χ1n) is 7.16. The summed E-state index contributed by atoms with van der Waals surface area (Å²) in [6.07, 6.45) is 7.39. The highest BCUT2D eigenvalue weighted by Gasteiger charge is 2.14. The monoisotopic (exact) mass is 278 g/mol. The van der Waals surface area contributed by atoms with E-state index < -0.39 is 0 Å². The van der Waals surface area contributed by atoms with Crippen LogP contribution in [-0.2, 0) is 0 Å². The minimum atomic E-state index is -0.182. The van der Waals surface area contributed by atoms with Crippen LogP contribution in [0.15, 0.2) is 53.3 Å². The first-order chi connectivity index (χ1) is 10.2. The highest BCUT2D eigenvalue weighted by molar-refractivity contribution is 6.32. The van der Waals surface area contributed by atoms with Crippen molar-refractivity contribution in [2.75, 3.05) is 6.54 Å². The van der Waals surface area contributed by atoms with Crippen molar-refractivity contribution in [1.82, 2.24) is 4.98 Å². The van der Waals surface area contributed by atoms with E-state index in [9.17, 15) is 4.39 Å². The van der Waals surface area contributed by atoms with Crippen molar-refractivity contribution in [3.8, 4) is 0 Å². The maximum Gasteiger partial charge on any atom is 0.139 e. The van der Waals surface area contributed by atoms with Crippen LogP contribution in [0.2, 0.25) is 0 Å². The maximum atomic E-state index is 14.0. The van der Waals surface area contributed by atoms with Gasteiger partial charge in [0.2, 0.25) is 0 Å². The van der Waals surface area contributed by atoms with Gasteiger partial charge < -0.3 is 0 Å². The van der Waals surface area contributed by atoms with E-state index in [1.165, 1.54) is 0 Å². The zero-order valence-corrected chi connectivity index (χ0v) is 12.0. The predicted molar refractivity (Wildman–Crippen MR) is 87.4 cm³/mol. The molecule has 0 atom stereocenters. The number of halogens is 1. The molecule has 0 bridgehead atoms. The standard InChI is InChI=1S/C17H16BFN2/c18-15-6-5-12(16(19)10-15)9-13-3-2-8-21-17(13)14-4-1-7-20-11-14/h1,4-7,9-11H,2-3,8,18H2/b13-9+. The highest BCUT2D eigenvalue weighted by Crippen LogP contribution is 2.22. The molecule has 1 aliphatic rings. The summed E-state index contributed by atoms with van der Waals surface area (Å²) in [5, 5.41) is 0. The number of benzene rings is 1. The third-order valence-corrected chi connectivity index (χ3v) is 3.60. The summed E-state index contributed by atoms with van der Waals surface area (Å²) in [6, 6.07) is 9.22. The number of hydrogen-bond donors (Lipinski definition) is 0. The summed E-state index contributed by atoms with van der Waals surface area (Å²) in [7, 11) is 1.89. The third-order valence-electron chi connectivity index (χ3n) is 3.60. The summed E-state index contributed by atoms with van der Waals surface area (Å²) in [4.78, 5) is 8.76. The number of rotatable bonds is 2. The molecular formula is C17H16BFN2. The fourth-order valence-electron chi connectivity index (χ4n) is 2.54. The average Bonchev–Trinajstić information content (AvgIpc) is 2.51. The van der Waals surface area contributed by atoms with Crippen LogP contribution in [0.25, 0.3) is 6.08 Å². The Morgan fingerprint density at radius 1 is 1.24 bits per heavy atom. The molecule has 104 valence electrons. The van der Waals surface area contributed by atoms with E-state index in [1.807, 2.05) is 44.4 Å². The van der Waals surface area contributed by atoms with Gasteiger partial charge in [0.15, 0.2) is 0 Å². The smallest absolute Gasteiger partial charge is 0.139 e. The first kappa shape index (κ1) is 13.7. The molecule has 0 unspecified atom stereocenters. The molecule has 0 fully saturated rings. The van der Waals surface area contributed by atoms with Crippen LogP contribution in [-0.4, -0.2) is 25.1 Å². The maximum absolute atomic E-state index is 14.0. The van der Waals surface area contributed by atoms with Crippen molar-refractivity contribution >= 4 is 25.1 Å². The number of hydrogen-bond acceptors (Lipinski definition) is 2. The molecule has 2 aromatic rings. The second-order valence-electron chi connectivity index (χ2n) is 5.27. The van der Waals surface area contributed by atoms with Gasteiger partial charge in [-0.2, -0.15) is 0 Å². The Balaban J connectivity index is 2.01. The quantitative estimate of drug-likeness (QED) is 0.773. The van der Waals surface area contributed by atoms with Crippen LogP contribution >= 0.6 is 0 Å². The first-order valence-corrected chi connectivity index (χ1v) is 7.16. The van der Waals surface area contributed by atoms with Gasteiger partial charge in [-0.05, 0) is 42.7 Å². The molecule has 2 heterocycles. The molecule has 0 saturated heterocycles. The van der Waals surface area contributed by atoms with E-state index >= 15 is 0 Å². The Kier molecular flexibility index (Phi) is 3.95. The molecule has 1 aromatic heterocycles. The van der Waals surface area contributed by atoms with Crippen LogP contribution in [0, 0.1) is 5.82 Å². The van der Waals surface area contributed by atoms with Gasteiger partial charge in [-0.15, -0.1) is 0 Å². The molecule has 1 aliphatic heterocycles. The van der Waals surface area contributed by atoms with E-state index in [-0.39, 0.29) is 5.82 Å². The molecular weight excluding hydrogens is 262 g/mol. The molecule has 0 spiro atoms. The van der Waals surface area contributed by atoms with Gasteiger partial charge in [0.1, 0.15) is 13.7 Å².